The van der Waals surface area contributed by atoms with Gasteiger partial charge in [0.15, 0.2) is 6.29 Å². The first-order chi connectivity index (χ1) is 6.06. The van der Waals surface area contributed by atoms with Gasteiger partial charge >= 0.3 is 5.97 Å². The van der Waals surface area contributed by atoms with Crippen LogP contribution in [0.2, 0.25) is 0 Å². The number of hydrogen-bond donors (Lipinski definition) is 1. The number of ether oxygens (including phenoxy) is 2. The van der Waals surface area contributed by atoms with Crippen molar-refractivity contribution in [3.05, 3.63) is 0 Å². The Kier molecular flexibility index (Phi) is 6.09. The Morgan fingerprint density at radius 2 is 2.08 bits per heavy atom. The Balaban J connectivity index is 3.51. The first-order valence-corrected chi connectivity index (χ1v) is 4.01. The van der Waals surface area contributed by atoms with Gasteiger partial charge in [0.2, 0.25) is 0 Å². The van der Waals surface area contributed by atoms with Crippen LogP contribution in [0.4, 0.5) is 0 Å². The first-order valence-electron chi connectivity index (χ1n) is 4.01. The van der Waals surface area contributed by atoms with E-state index in [1.54, 1.807) is 6.92 Å². The summed E-state index contributed by atoms with van der Waals surface area (Å²) in [5, 5.41) is 8.95. The van der Waals surface area contributed by atoms with Crippen LogP contribution in [-0.2, 0) is 19.1 Å². The molecule has 0 amide bonds. The molecule has 76 valence electrons. The number of Topliss-reactive ketones (excluding diaryl/α,β-unsaturated/α-hetero) is 1. The second-order valence-electron chi connectivity index (χ2n) is 2.47. The van der Waals surface area contributed by atoms with Crippen LogP contribution in [0, 0.1) is 0 Å². The molecule has 0 saturated heterocycles. The average Bonchev–Trinajstić information content (AvgIpc) is 2.00. The quantitative estimate of drug-likeness (QED) is 0.358. The summed E-state index contributed by atoms with van der Waals surface area (Å²) in [7, 11) is 0. The minimum atomic E-state index is -1.11. The van der Waals surface area contributed by atoms with E-state index in [-0.39, 0.29) is 18.8 Å². The Bertz CT molecular complexity index is 177. The van der Waals surface area contributed by atoms with Crippen LogP contribution >= 0.6 is 0 Å². The Hall–Kier alpha value is -0.940. The SMILES string of the molecule is CCOC(O)COC(=O)CC(C)=O. The molecule has 1 atom stereocenters. The van der Waals surface area contributed by atoms with E-state index in [1.165, 1.54) is 6.92 Å². The molecule has 0 rings (SSSR count). The molecule has 0 radical (unpaired) electrons. The summed E-state index contributed by atoms with van der Waals surface area (Å²) >= 11 is 0. The van der Waals surface area contributed by atoms with E-state index in [4.69, 9.17) is 9.84 Å². The van der Waals surface area contributed by atoms with Gasteiger partial charge in [-0.1, -0.05) is 0 Å². The Labute approximate surface area is 76.6 Å². The highest BCUT2D eigenvalue weighted by Gasteiger charge is 2.09. The van der Waals surface area contributed by atoms with Crippen molar-refractivity contribution in [2.45, 2.75) is 26.6 Å². The molecule has 0 spiro atoms. The summed E-state index contributed by atoms with van der Waals surface area (Å²) in [5.74, 6) is -0.915. The topological polar surface area (TPSA) is 72.8 Å². The molecule has 0 aliphatic heterocycles. The fourth-order valence-corrected chi connectivity index (χ4v) is 0.659. The molecule has 0 saturated carbocycles. The number of carbonyl (C=O) groups is 2. The van der Waals surface area contributed by atoms with Crippen LogP contribution in [0.3, 0.4) is 0 Å². The van der Waals surface area contributed by atoms with Crippen LogP contribution in [0.5, 0.6) is 0 Å². The van der Waals surface area contributed by atoms with Gasteiger partial charge < -0.3 is 14.6 Å². The predicted molar refractivity (Wildman–Crippen MR) is 43.9 cm³/mol. The number of carbonyl (C=O) groups excluding carboxylic acids is 2. The van der Waals surface area contributed by atoms with E-state index in [0.717, 1.165) is 0 Å². The maximum atomic E-state index is 10.8. The van der Waals surface area contributed by atoms with E-state index in [9.17, 15) is 9.59 Å². The van der Waals surface area contributed by atoms with Crippen LogP contribution in [-0.4, -0.2) is 36.4 Å². The number of hydrogen-bond acceptors (Lipinski definition) is 5. The van der Waals surface area contributed by atoms with E-state index in [0.29, 0.717) is 6.61 Å². The molecule has 0 aromatic carbocycles. The second-order valence-corrected chi connectivity index (χ2v) is 2.47. The molecule has 1 unspecified atom stereocenters. The summed E-state index contributed by atoms with van der Waals surface area (Å²) in [6, 6.07) is 0. The smallest absolute Gasteiger partial charge is 0.313 e. The molecule has 0 bridgehead atoms. The molecule has 13 heavy (non-hydrogen) atoms. The number of ketones is 1. The first kappa shape index (κ1) is 12.1. The number of aliphatic hydroxyl groups is 1. The zero-order chi connectivity index (χ0) is 10.3. The van der Waals surface area contributed by atoms with Crippen molar-refractivity contribution in [1.29, 1.82) is 0 Å². The van der Waals surface area contributed by atoms with Gasteiger partial charge in [-0.3, -0.25) is 9.59 Å². The summed E-state index contributed by atoms with van der Waals surface area (Å²) in [4.78, 5) is 21.2. The maximum absolute atomic E-state index is 10.8. The van der Waals surface area contributed by atoms with Crippen LogP contribution in [0.15, 0.2) is 0 Å². The molecule has 1 N–H and O–H groups in total. The molecule has 0 heterocycles. The van der Waals surface area contributed by atoms with Crippen molar-refractivity contribution in [3.63, 3.8) is 0 Å². The molecular formula is C8H14O5. The third kappa shape index (κ3) is 7.42. The lowest BCUT2D eigenvalue weighted by Crippen LogP contribution is -2.22. The lowest BCUT2D eigenvalue weighted by Gasteiger charge is -2.10. The van der Waals surface area contributed by atoms with E-state index < -0.39 is 12.3 Å². The van der Waals surface area contributed by atoms with Crippen molar-refractivity contribution < 1.29 is 24.2 Å². The van der Waals surface area contributed by atoms with Crippen molar-refractivity contribution in [2.75, 3.05) is 13.2 Å². The highest BCUT2D eigenvalue weighted by atomic mass is 16.6. The monoisotopic (exact) mass is 190 g/mol. The third-order valence-electron chi connectivity index (χ3n) is 1.14. The van der Waals surface area contributed by atoms with E-state index in [1.807, 2.05) is 0 Å². The van der Waals surface area contributed by atoms with Crippen LogP contribution in [0.25, 0.3) is 0 Å². The van der Waals surface area contributed by atoms with Gasteiger partial charge in [-0.15, -0.1) is 0 Å². The molecule has 0 aromatic rings. The highest BCUT2D eigenvalue weighted by molar-refractivity contribution is 5.94. The van der Waals surface area contributed by atoms with Gasteiger partial charge in [-0.25, -0.2) is 0 Å². The van der Waals surface area contributed by atoms with Gasteiger partial charge in [0.25, 0.3) is 0 Å². The molecular weight excluding hydrogens is 176 g/mol. The van der Waals surface area contributed by atoms with Crippen molar-refractivity contribution in [2.24, 2.45) is 0 Å². The number of esters is 1. The van der Waals surface area contributed by atoms with Crippen LogP contribution < -0.4 is 0 Å². The van der Waals surface area contributed by atoms with Gasteiger partial charge in [0.05, 0.1) is 0 Å². The van der Waals surface area contributed by atoms with Crippen molar-refractivity contribution >= 4 is 11.8 Å². The molecule has 0 fully saturated rings. The molecule has 0 aromatic heterocycles. The highest BCUT2D eigenvalue weighted by Crippen LogP contribution is 1.92. The predicted octanol–water partition coefficient (Wildman–Crippen LogP) is -0.136. The maximum Gasteiger partial charge on any atom is 0.313 e. The van der Waals surface area contributed by atoms with Gasteiger partial charge in [0, 0.05) is 6.61 Å². The van der Waals surface area contributed by atoms with Crippen LogP contribution in [0.1, 0.15) is 20.3 Å². The van der Waals surface area contributed by atoms with E-state index in [2.05, 4.69) is 4.74 Å². The fourth-order valence-electron chi connectivity index (χ4n) is 0.659. The molecule has 0 aliphatic rings. The minimum Gasteiger partial charge on any atom is -0.460 e. The Morgan fingerprint density at radius 3 is 2.54 bits per heavy atom. The zero-order valence-corrected chi connectivity index (χ0v) is 7.78. The lowest BCUT2D eigenvalue weighted by molar-refractivity contribution is -0.165. The van der Waals surface area contributed by atoms with Crippen molar-refractivity contribution in [1.82, 2.24) is 0 Å². The van der Waals surface area contributed by atoms with E-state index >= 15 is 0 Å². The summed E-state index contributed by atoms with van der Waals surface area (Å²) < 4.78 is 9.22. The van der Waals surface area contributed by atoms with Gasteiger partial charge in [0.1, 0.15) is 18.8 Å². The summed E-state index contributed by atoms with van der Waals surface area (Å²) in [5.41, 5.74) is 0. The second kappa shape index (κ2) is 6.56. The number of aliphatic hydroxyl groups excluding tert-OH is 1. The average molecular weight is 190 g/mol. The normalized spacial score (nSPS) is 12.2. The number of rotatable bonds is 6. The lowest BCUT2D eigenvalue weighted by atomic mass is 10.3. The molecule has 0 aliphatic carbocycles. The minimum absolute atomic E-state index is 0.236. The Morgan fingerprint density at radius 1 is 1.46 bits per heavy atom. The van der Waals surface area contributed by atoms with Crippen molar-refractivity contribution in [3.8, 4) is 0 Å². The molecule has 5 nitrogen and oxygen atoms in total. The standard InChI is InChI=1S/C8H14O5/c1-3-12-8(11)5-13-7(10)4-6(2)9/h8,11H,3-5H2,1-2H3. The fraction of sp³-hybridized carbons (Fsp3) is 0.750. The largest absolute Gasteiger partial charge is 0.460 e. The van der Waals surface area contributed by atoms with Gasteiger partial charge in [-0.2, -0.15) is 0 Å². The summed E-state index contributed by atoms with van der Waals surface area (Å²) in [6.45, 7) is 3.10. The summed E-state index contributed by atoms with van der Waals surface area (Å²) in [6.07, 6.45) is -1.38. The van der Waals surface area contributed by atoms with Gasteiger partial charge in [-0.05, 0) is 13.8 Å². The third-order valence-corrected chi connectivity index (χ3v) is 1.14. The zero-order valence-electron chi connectivity index (χ0n) is 7.78. The molecule has 5 heteroatoms.